The molecule has 184 valence electrons. The molecule has 1 saturated heterocycles. The first-order valence-electron chi connectivity index (χ1n) is 12.1. The molecule has 5 rings (SSSR count). The minimum absolute atomic E-state index is 0.193. The quantitative estimate of drug-likeness (QED) is 0.432. The zero-order valence-corrected chi connectivity index (χ0v) is 20.1. The van der Waals surface area contributed by atoms with Crippen molar-refractivity contribution in [2.75, 3.05) is 37.8 Å². The first-order chi connectivity index (χ1) is 17.6. The van der Waals surface area contributed by atoms with Gasteiger partial charge in [-0.2, -0.15) is 0 Å². The maximum Gasteiger partial charge on any atom is 0.267 e. The molecule has 4 aromatic rings. The molecule has 1 N–H and O–H groups in total. The Morgan fingerprint density at radius 2 is 1.78 bits per heavy atom. The van der Waals surface area contributed by atoms with Crippen LogP contribution in [0.5, 0.6) is 5.75 Å². The molecule has 1 aliphatic heterocycles. The fraction of sp³-hybridized carbons (Fsp3) is 0.250. The predicted octanol–water partition coefficient (Wildman–Crippen LogP) is 3.55. The highest BCUT2D eigenvalue weighted by atomic mass is 16.5. The van der Waals surface area contributed by atoms with E-state index in [0.717, 1.165) is 11.3 Å². The van der Waals surface area contributed by atoms with Gasteiger partial charge >= 0.3 is 0 Å². The molecule has 0 radical (unpaired) electrons. The van der Waals surface area contributed by atoms with Crippen LogP contribution in [0.25, 0.3) is 16.6 Å². The average Bonchev–Trinajstić information content (AvgIpc) is 2.93. The fourth-order valence-electron chi connectivity index (χ4n) is 4.26. The summed E-state index contributed by atoms with van der Waals surface area (Å²) >= 11 is 0. The summed E-state index contributed by atoms with van der Waals surface area (Å²) in [6, 6.07) is 22.2. The number of anilines is 1. The number of benzene rings is 3. The van der Waals surface area contributed by atoms with Crippen molar-refractivity contribution in [2.45, 2.75) is 13.5 Å². The van der Waals surface area contributed by atoms with E-state index in [2.05, 4.69) is 5.32 Å². The van der Waals surface area contributed by atoms with Crippen molar-refractivity contribution in [1.82, 2.24) is 14.9 Å². The summed E-state index contributed by atoms with van der Waals surface area (Å²) in [4.78, 5) is 33.5. The number of aromatic nitrogens is 2. The molecule has 0 bridgehead atoms. The topological polar surface area (TPSA) is 85.7 Å². The van der Waals surface area contributed by atoms with Crippen LogP contribution in [0.3, 0.4) is 0 Å². The number of nitrogens with zero attached hydrogens (tertiary/aromatic N) is 3. The number of amides is 1. The molecule has 0 unspecified atom stereocenters. The Morgan fingerprint density at radius 1 is 1.03 bits per heavy atom. The van der Waals surface area contributed by atoms with Crippen LogP contribution in [0.1, 0.15) is 22.8 Å². The monoisotopic (exact) mass is 484 g/mol. The first kappa shape index (κ1) is 23.6. The van der Waals surface area contributed by atoms with Gasteiger partial charge < -0.3 is 19.7 Å². The molecule has 36 heavy (non-hydrogen) atoms. The fourth-order valence-corrected chi connectivity index (χ4v) is 4.26. The van der Waals surface area contributed by atoms with Gasteiger partial charge in [-0.1, -0.05) is 30.3 Å². The van der Waals surface area contributed by atoms with Crippen LogP contribution in [0.2, 0.25) is 0 Å². The predicted molar refractivity (Wildman–Crippen MR) is 139 cm³/mol. The number of morpholine rings is 1. The van der Waals surface area contributed by atoms with E-state index in [1.165, 1.54) is 0 Å². The largest absolute Gasteiger partial charge is 0.494 e. The van der Waals surface area contributed by atoms with Crippen LogP contribution < -0.4 is 20.5 Å². The highest BCUT2D eigenvalue weighted by Gasteiger charge is 2.21. The van der Waals surface area contributed by atoms with Gasteiger partial charge in [0.1, 0.15) is 5.75 Å². The summed E-state index contributed by atoms with van der Waals surface area (Å²) in [5, 5.41) is 3.38. The van der Waals surface area contributed by atoms with E-state index in [-0.39, 0.29) is 11.5 Å². The number of hydrogen-bond acceptors (Lipinski definition) is 6. The molecule has 1 aliphatic rings. The van der Waals surface area contributed by atoms with Crippen molar-refractivity contribution in [3.8, 4) is 11.4 Å². The van der Waals surface area contributed by atoms with Crippen molar-refractivity contribution in [2.24, 2.45) is 0 Å². The second kappa shape index (κ2) is 10.6. The van der Waals surface area contributed by atoms with Gasteiger partial charge in [0.05, 0.1) is 36.4 Å². The smallest absolute Gasteiger partial charge is 0.267 e. The number of hydrogen-bond donors (Lipinski definition) is 1. The van der Waals surface area contributed by atoms with Gasteiger partial charge in [-0.15, -0.1) is 0 Å². The maximum atomic E-state index is 13.7. The third-order valence-electron chi connectivity index (χ3n) is 6.11. The van der Waals surface area contributed by atoms with Crippen molar-refractivity contribution < 1.29 is 14.3 Å². The number of fused-ring (bicyclic) bond motifs is 1. The van der Waals surface area contributed by atoms with Crippen molar-refractivity contribution in [1.29, 1.82) is 0 Å². The van der Waals surface area contributed by atoms with Gasteiger partial charge in [0.15, 0.2) is 0 Å². The van der Waals surface area contributed by atoms with Crippen molar-refractivity contribution >= 4 is 22.8 Å². The summed E-state index contributed by atoms with van der Waals surface area (Å²) in [5.41, 5.74) is 2.46. The van der Waals surface area contributed by atoms with Gasteiger partial charge in [0.2, 0.25) is 5.95 Å². The Morgan fingerprint density at radius 3 is 2.50 bits per heavy atom. The zero-order valence-electron chi connectivity index (χ0n) is 20.1. The van der Waals surface area contributed by atoms with E-state index in [1.54, 1.807) is 22.8 Å². The third-order valence-corrected chi connectivity index (χ3v) is 6.11. The summed E-state index contributed by atoms with van der Waals surface area (Å²) < 4.78 is 12.7. The normalized spacial score (nSPS) is 13.5. The van der Waals surface area contributed by atoms with Crippen LogP contribution >= 0.6 is 0 Å². The van der Waals surface area contributed by atoms with Crippen LogP contribution in [-0.4, -0.2) is 48.4 Å². The average molecular weight is 485 g/mol. The molecule has 3 aromatic carbocycles. The highest BCUT2D eigenvalue weighted by Crippen LogP contribution is 2.23. The van der Waals surface area contributed by atoms with Crippen molar-refractivity contribution in [3.05, 3.63) is 94.3 Å². The van der Waals surface area contributed by atoms with E-state index in [4.69, 9.17) is 14.5 Å². The molecule has 1 fully saturated rings. The van der Waals surface area contributed by atoms with Gasteiger partial charge in [-0.25, -0.2) is 9.55 Å². The van der Waals surface area contributed by atoms with E-state index in [0.29, 0.717) is 67.6 Å². The van der Waals surface area contributed by atoms with Gasteiger partial charge in [-0.3, -0.25) is 9.59 Å². The molecular formula is C28H28N4O4. The molecule has 2 heterocycles. The number of ether oxygens (including phenoxy) is 2. The molecule has 1 amide bonds. The number of rotatable bonds is 7. The van der Waals surface area contributed by atoms with Crippen LogP contribution in [0.15, 0.2) is 77.6 Å². The zero-order chi connectivity index (χ0) is 24.9. The Hall–Kier alpha value is -4.17. The lowest BCUT2D eigenvalue weighted by Crippen LogP contribution is -2.40. The first-order valence-corrected chi connectivity index (χ1v) is 12.1. The molecule has 1 aromatic heterocycles. The van der Waals surface area contributed by atoms with Gasteiger partial charge in [-0.05, 0) is 55.0 Å². The lowest BCUT2D eigenvalue weighted by molar-refractivity contribution is 0.0951. The van der Waals surface area contributed by atoms with Crippen molar-refractivity contribution in [3.63, 3.8) is 0 Å². The summed E-state index contributed by atoms with van der Waals surface area (Å²) in [5.74, 6) is 1.05. The third kappa shape index (κ3) is 4.94. The summed E-state index contributed by atoms with van der Waals surface area (Å²) in [6.45, 7) is 5.26. The molecule has 0 spiro atoms. The van der Waals surface area contributed by atoms with Crippen LogP contribution in [0.4, 0.5) is 5.95 Å². The number of carbonyl (C=O) groups excluding carboxylic acids is 1. The highest BCUT2D eigenvalue weighted by molar-refractivity contribution is 5.97. The molecule has 8 nitrogen and oxygen atoms in total. The second-order valence-corrected chi connectivity index (χ2v) is 8.48. The molecule has 0 atom stereocenters. The Kier molecular flexibility index (Phi) is 6.95. The van der Waals surface area contributed by atoms with Crippen LogP contribution in [-0.2, 0) is 11.3 Å². The molecular weight excluding hydrogens is 456 g/mol. The van der Waals surface area contributed by atoms with E-state index in [9.17, 15) is 9.59 Å². The lowest BCUT2D eigenvalue weighted by Gasteiger charge is -2.30. The Balaban J connectivity index is 1.53. The molecule has 0 aliphatic carbocycles. The molecule has 0 saturated carbocycles. The Labute approximate surface area is 209 Å². The van der Waals surface area contributed by atoms with E-state index >= 15 is 0 Å². The second-order valence-electron chi connectivity index (χ2n) is 8.48. The van der Waals surface area contributed by atoms with E-state index in [1.807, 2.05) is 66.4 Å². The van der Waals surface area contributed by atoms with Gasteiger partial charge in [0, 0.05) is 25.2 Å². The van der Waals surface area contributed by atoms with Crippen LogP contribution in [0, 0.1) is 0 Å². The summed E-state index contributed by atoms with van der Waals surface area (Å²) in [7, 11) is 0. The maximum absolute atomic E-state index is 13.7. The van der Waals surface area contributed by atoms with Gasteiger partial charge in [0.25, 0.3) is 11.5 Å². The minimum Gasteiger partial charge on any atom is -0.494 e. The number of nitrogens with one attached hydrogen (secondary N) is 1. The molecule has 8 heteroatoms. The standard InChI is InChI=1S/C28H28N4O4/c1-2-36-23-11-9-22(10-12-23)32-27(34)24-13-8-21(26(33)29-19-20-6-4-3-5-7-20)18-25(24)30-28(32)31-14-16-35-17-15-31/h3-13,18H,2,14-17,19H2,1H3,(H,29,33). The SMILES string of the molecule is CCOc1ccc(-n2c(N3CCOCC3)nc3cc(C(=O)NCc4ccccc4)ccc3c2=O)cc1. The lowest BCUT2D eigenvalue weighted by atomic mass is 10.1. The minimum atomic E-state index is -0.217. The number of carbonyl (C=O) groups is 1. The summed E-state index contributed by atoms with van der Waals surface area (Å²) in [6.07, 6.45) is 0. The Bertz CT molecular complexity index is 1410. The van der Waals surface area contributed by atoms with E-state index < -0.39 is 0 Å².